The van der Waals surface area contributed by atoms with Crippen LogP contribution in [0.4, 0.5) is 5.13 Å². The van der Waals surface area contributed by atoms with Gasteiger partial charge in [-0.1, -0.05) is 51.4 Å². The Balaban J connectivity index is 1.41. The first-order valence-electron chi connectivity index (χ1n) is 12.8. The Morgan fingerprint density at radius 2 is 1.84 bits per heavy atom. The molecule has 2 aliphatic heterocycles. The van der Waals surface area contributed by atoms with Crippen molar-refractivity contribution in [1.29, 1.82) is 0 Å². The number of rotatable bonds is 7. The minimum absolute atomic E-state index is 0.0117. The van der Waals surface area contributed by atoms with Crippen LogP contribution >= 0.6 is 22.9 Å². The molecule has 1 aromatic carbocycles. The molecule has 37 heavy (non-hydrogen) atoms. The van der Waals surface area contributed by atoms with Gasteiger partial charge in [-0.3, -0.25) is 9.59 Å². The zero-order valence-electron chi connectivity index (χ0n) is 22.0. The SMILES string of the molecule is CC(C)[C@@H](Nc1nc(CC(=O)N2CCOCC2)cs1)C(=O)N1CC[C@](O)(c2ccc(Cl)cc2)C(C)(C)C1. The number of amides is 2. The first-order chi connectivity index (χ1) is 17.5. The number of aliphatic hydroxyl groups is 1. The fourth-order valence-corrected chi connectivity index (χ4v) is 6.02. The first kappa shape index (κ1) is 27.8. The summed E-state index contributed by atoms with van der Waals surface area (Å²) in [6.07, 6.45) is 0.672. The number of nitrogens with one attached hydrogen (secondary N) is 1. The molecule has 8 nitrogen and oxygen atoms in total. The Hall–Kier alpha value is -2.20. The Labute approximate surface area is 228 Å². The highest BCUT2D eigenvalue weighted by molar-refractivity contribution is 7.13. The average molecular weight is 549 g/mol. The standard InChI is InChI=1S/C27H37ClN4O4S/c1-18(2)23(30-25-29-21(16-37-25)15-22(33)31-11-13-36-14-12-31)24(34)32-10-9-27(35,26(3,4)17-32)19-5-7-20(28)8-6-19/h5-8,16,18,23,35H,9-15,17H2,1-4H3,(H,29,30)/t23-,27+/m1/s1. The first-order valence-corrected chi connectivity index (χ1v) is 14.1. The summed E-state index contributed by atoms with van der Waals surface area (Å²) in [6, 6.07) is 6.84. The van der Waals surface area contributed by atoms with E-state index >= 15 is 0 Å². The van der Waals surface area contributed by atoms with Crippen LogP contribution in [0.15, 0.2) is 29.6 Å². The lowest BCUT2D eigenvalue weighted by atomic mass is 9.66. The van der Waals surface area contributed by atoms with E-state index in [9.17, 15) is 14.7 Å². The number of hydrogen-bond donors (Lipinski definition) is 2. The van der Waals surface area contributed by atoms with Crippen molar-refractivity contribution in [1.82, 2.24) is 14.8 Å². The van der Waals surface area contributed by atoms with Gasteiger partial charge in [-0.25, -0.2) is 4.98 Å². The van der Waals surface area contributed by atoms with Crippen LogP contribution in [0.25, 0.3) is 0 Å². The van der Waals surface area contributed by atoms with Gasteiger partial charge in [-0.05, 0) is 30.0 Å². The molecule has 202 valence electrons. The van der Waals surface area contributed by atoms with Crippen LogP contribution in [-0.2, 0) is 26.3 Å². The highest BCUT2D eigenvalue weighted by atomic mass is 35.5. The number of anilines is 1. The lowest BCUT2D eigenvalue weighted by Gasteiger charge is -2.51. The number of hydrogen-bond acceptors (Lipinski definition) is 7. The minimum atomic E-state index is -1.06. The van der Waals surface area contributed by atoms with Gasteiger partial charge in [-0.2, -0.15) is 0 Å². The number of likely N-dealkylation sites (tertiary alicyclic amines) is 1. The number of benzene rings is 1. The second kappa shape index (κ2) is 11.3. The van der Waals surface area contributed by atoms with E-state index in [2.05, 4.69) is 10.3 Å². The van der Waals surface area contributed by atoms with Gasteiger partial charge < -0.3 is 25.0 Å². The summed E-state index contributed by atoms with van der Waals surface area (Å²) < 4.78 is 5.32. The number of aromatic nitrogens is 1. The van der Waals surface area contributed by atoms with Crippen LogP contribution in [0.2, 0.25) is 5.02 Å². The summed E-state index contributed by atoms with van der Waals surface area (Å²) in [5.41, 5.74) is -0.114. The molecule has 2 fully saturated rings. The maximum Gasteiger partial charge on any atom is 0.245 e. The molecule has 0 radical (unpaired) electrons. The van der Waals surface area contributed by atoms with Gasteiger partial charge in [-0.15, -0.1) is 11.3 Å². The zero-order chi connectivity index (χ0) is 26.8. The molecule has 0 aliphatic carbocycles. The van der Waals surface area contributed by atoms with Crippen molar-refractivity contribution in [2.45, 2.75) is 52.2 Å². The number of ether oxygens (including phenoxy) is 1. The number of morpholine rings is 1. The third-order valence-electron chi connectivity index (χ3n) is 7.54. The average Bonchev–Trinajstić information content (AvgIpc) is 3.31. The van der Waals surface area contributed by atoms with Crippen LogP contribution in [0.5, 0.6) is 0 Å². The summed E-state index contributed by atoms with van der Waals surface area (Å²) in [4.78, 5) is 34.5. The molecule has 4 rings (SSSR count). The molecule has 0 spiro atoms. The number of carbonyl (C=O) groups excluding carboxylic acids is 2. The van der Waals surface area contributed by atoms with E-state index in [1.165, 1.54) is 11.3 Å². The minimum Gasteiger partial charge on any atom is -0.384 e. The quantitative estimate of drug-likeness (QED) is 0.547. The summed E-state index contributed by atoms with van der Waals surface area (Å²) in [6.45, 7) is 11.2. The highest BCUT2D eigenvalue weighted by Gasteiger charge is 2.50. The summed E-state index contributed by atoms with van der Waals surface area (Å²) in [5, 5.41) is 18.1. The van der Waals surface area contributed by atoms with E-state index in [0.717, 1.165) is 5.56 Å². The molecule has 3 heterocycles. The van der Waals surface area contributed by atoms with E-state index in [0.29, 0.717) is 61.7 Å². The fraction of sp³-hybridized carbons (Fsp3) is 0.593. The molecule has 2 atom stereocenters. The highest BCUT2D eigenvalue weighted by Crippen LogP contribution is 2.46. The second-order valence-electron chi connectivity index (χ2n) is 10.9. The Morgan fingerprint density at radius 3 is 2.46 bits per heavy atom. The molecule has 2 saturated heterocycles. The molecular formula is C27H37ClN4O4S. The Kier molecular flexibility index (Phi) is 8.48. The maximum atomic E-state index is 13.7. The Morgan fingerprint density at radius 1 is 1.16 bits per heavy atom. The van der Waals surface area contributed by atoms with Crippen molar-refractivity contribution < 1.29 is 19.4 Å². The summed E-state index contributed by atoms with van der Waals surface area (Å²) in [5.74, 6) is 0.0535. The number of piperidine rings is 1. The largest absolute Gasteiger partial charge is 0.384 e. The van der Waals surface area contributed by atoms with Crippen molar-refractivity contribution in [3.8, 4) is 0 Å². The topological polar surface area (TPSA) is 95.0 Å². The monoisotopic (exact) mass is 548 g/mol. The van der Waals surface area contributed by atoms with Crippen molar-refractivity contribution >= 4 is 39.9 Å². The zero-order valence-corrected chi connectivity index (χ0v) is 23.6. The smallest absolute Gasteiger partial charge is 0.245 e. The molecule has 2 aromatic rings. The van der Waals surface area contributed by atoms with Crippen molar-refractivity contribution in [3.05, 3.63) is 45.9 Å². The van der Waals surface area contributed by atoms with Crippen LogP contribution in [0.1, 0.15) is 45.4 Å². The van der Waals surface area contributed by atoms with Gasteiger partial charge >= 0.3 is 0 Å². The number of thiazole rings is 1. The molecule has 10 heteroatoms. The fourth-order valence-electron chi connectivity index (χ4n) is 5.15. The molecule has 0 unspecified atom stereocenters. The molecule has 0 saturated carbocycles. The van der Waals surface area contributed by atoms with Gasteiger partial charge in [0.25, 0.3) is 0 Å². The van der Waals surface area contributed by atoms with Crippen LogP contribution in [0, 0.1) is 11.3 Å². The number of nitrogens with zero attached hydrogens (tertiary/aromatic N) is 3. The van der Waals surface area contributed by atoms with Gasteiger partial charge in [0.2, 0.25) is 11.8 Å². The van der Waals surface area contributed by atoms with Crippen LogP contribution in [-0.4, -0.2) is 77.1 Å². The summed E-state index contributed by atoms with van der Waals surface area (Å²) in [7, 11) is 0. The third kappa shape index (κ3) is 6.11. The van der Waals surface area contributed by atoms with Gasteiger partial charge in [0, 0.05) is 42.0 Å². The van der Waals surface area contributed by atoms with E-state index in [1.807, 2.05) is 50.1 Å². The van der Waals surface area contributed by atoms with Gasteiger partial charge in [0.1, 0.15) is 6.04 Å². The molecule has 2 N–H and O–H groups in total. The number of carbonyl (C=O) groups is 2. The molecular weight excluding hydrogens is 512 g/mol. The lowest BCUT2D eigenvalue weighted by Crippen LogP contribution is -2.59. The Bertz CT molecular complexity index is 1100. The number of halogens is 1. The predicted octanol–water partition coefficient (Wildman–Crippen LogP) is 3.78. The van der Waals surface area contributed by atoms with E-state index < -0.39 is 17.1 Å². The normalized spacial score (nSPS) is 22.7. The summed E-state index contributed by atoms with van der Waals surface area (Å²) >= 11 is 7.46. The molecule has 1 aromatic heterocycles. The lowest BCUT2D eigenvalue weighted by molar-refractivity contribution is -0.154. The van der Waals surface area contributed by atoms with E-state index in [4.69, 9.17) is 16.3 Å². The maximum absolute atomic E-state index is 13.7. The molecule has 0 bridgehead atoms. The van der Waals surface area contributed by atoms with Crippen LogP contribution in [0.3, 0.4) is 0 Å². The van der Waals surface area contributed by atoms with Crippen molar-refractivity contribution in [3.63, 3.8) is 0 Å². The molecule has 2 aliphatic rings. The third-order valence-corrected chi connectivity index (χ3v) is 8.62. The molecule has 2 amide bonds. The van der Waals surface area contributed by atoms with Crippen molar-refractivity contribution in [2.24, 2.45) is 11.3 Å². The van der Waals surface area contributed by atoms with E-state index in [-0.39, 0.29) is 24.2 Å². The van der Waals surface area contributed by atoms with Gasteiger partial charge in [0.15, 0.2) is 5.13 Å². The second-order valence-corrected chi connectivity index (χ2v) is 12.2. The predicted molar refractivity (Wildman–Crippen MR) is 146 cm³/mol. The van der Waals surface area contributed by atoms with Crippen LogP contribution < -0.4 is 5.32 Å². The van der Waals surface area contributed by atoms with Gasteiger partial charge in [0.05, 0.1) is 30.9 Å². The van der Waals surface area contributed by atoms with Crippen molar-refractivity contribution in [2.75, 3.05) is 44.7 Å². The van der Waals surface area contributed by atoms with E-state index in [1.54, 1.807) is 17.0 Å².